The summed E-state index contributed by atoms with van der Waals surface area (Å²) in [4.78, 5) is 11.7. The van der Waals surface area contributed by atoms with Gasteiger partial charge in [-0.1, -0.05) is 6.07 Å². The van der Waals surface area contributed by atoms with E-state index in [0.717, 1.165) is 12.8 Å². The summed E-state index contributed by atoms with van der Waals surface area (Å²) >= 11 is 0. The highest BCUT2D eigenvalue weighted by molar-refractivity contribution is 5.89. The number of amides is 2. The van der Waals surface area contributed by atoms with Gasteiger partial charge in [-0.2, -0.15) is 8.78 Å². The smallest absolute Gasteiger partial charge is 0.387 e. The van der Waals surface area contributed by atoms with Gasteiger partial charge < -0.3 is 20.5 Å². The number of aliphatic hydroxyl groups excluding tert-OH is 1. The topological polar surface area (TPSA) is 70.6 Å². The molecule has 0 atom stereocenters. The molecule has 0 bridgehead atoms. The number of hydrogen-bond acceptors (Lipinski definition) is 3. The van der Waals surface area contributed by atoms with Gasteiger partial charge in [0.2, 0.25) is 0 Å². The van der Waals surface area contributed by atoms with Crippen LogP contribution in [0.2, 0.25) is 0 Å². The summed E-state index contributed by atoms with van der Waals surface area (Å²) in [6, 6.07) is 4.09. The second kappa shape index (κ2) is 6.26. The number of benzene rings is 1. The number of aliphatic hydroxyl groups is 1. The molecule has 1 aliphatic carbocycles. The monoisotopic (exact) mass is 300 g/mol. The van der Waals surface area contributed by atoms with Crippen LogP contribution in [0.25, 0.3) is 0 Å². The Bertz CT molecular complexity index is 519. The number of nitrogens with one attached hydrogen (secondary N) is 2. The molecule has 1 aliphatic rings. The molecule has 0 aliphatic heterocycles. The number of carbonyl (C=O) groups excluding carboxylic acids is 1. The maximum absolute atomic E-state index is 12.2. The van der Waals surface area contributed by atoms with Crippen LogP contribution < -0.4 is 15.4 Å². The lowest BCUT2D eigenvalue weighted by Crippen LogP contribution is -2.35. The highest BCUT2D eigenvalue weighted by atomic mass is 19.3. The minimum Gasteiger partial charge on any atom is -0.434 e. The molecule has 5 nitrogen and oxygen atoms in total. The van der Waals surface area contributed by atoms with Crippen LogP contribution >= 0.6 is 0 Å². The minimum absolute atomic E-state index is 0.0248. The number of halogens is 2. The van der Waals surface area contributed by atoms with E-state index in [1.165, 1.54) is 6.07 Å². The van der Waals surface area contributed by atoms with E-state index in [-0.39, 0.29) is 17.8 Å². The van der Waals surface area contributed by atoms with Crippen molar-refractivity contribution >= 4 is 11.7 Å². The van der Waals surface area contributed by atoms with Crippen LogP contribution in [0.15, 0.2) is 18.2 Å². The molecule has 0 saturated heterocycles. The molecular weight excluding hydrogens is 282 g/mol. The van der Waals surface area contributed by atoms with Gasteiger partial charge in [0.1, 0.15) is 5.75 Å². The Morgan fingerprint density at radius 2 is 2.19 bits per heavy atom. The average Bonchev–Trinajstić information content (AvgIpc) is 3.20. The van der Waals surface area contributed by atoms with Crippen molar-refractivity contribution in [1.29, 1.82) is 0 Å². The maximum Gasteiger partial charge on any atom is 0.387 e. The first-order valence-electron chi connectivity index (χ1n) is 6.65. The zero-order chi connectivity index (χ0) is 15.5. The lowest BCUT2D eigenvalue weighted by atomic mass is 10.1. The molecular formula is C14H18F2N2O3. The largest absolute Gasteiger partial charge is 0.434 e. The van der Waals surface area contributed by atoms with Crippen LogP contribution in [0.3, 0.4) is 0 Å². The summed E-state index contributed by atoms with van der Waals surface area (Å²) < 4.78 is 28.9. The van der Waals surface area contributed by atoms with Crippen molar-refractivity contribution in [1.82, 2.24) is 5.32 Å². The van der Waals surface area contributed by atoms with Crippen molar-refractivity contribution in [2.24, 2.45) is 5.41 Å². The third-order valence-corrected chi connectivity index (χ3v) is 3.58. The predicted molar refractivity (Wildman–Crippen MR) is 73.6 cm³/mol. The van der Waals surface area contributed by atoms with Crippen LogP contribution in [-0.2, 0) is 0 Å². The van der Waals surface area contributed by atoms with Crippen molar-refractivity contribution in [3.05, 3.63) is 23.8 Å². The first-order valence-corrected chi connectivity index (χ1v) is 6.65. The van der Waals surface area contributed by atoms with E-state index in [0.29, 0.717) is 17.8 Å². The molecule has 1 aromatic rings. The molecule has 0 unspecified atom stereocenters. The molecule has 1 aromatic carbocycles. The minimum atomic E-state index is -2.91. The zero-order valence-electron chi connectivity index (χ0n) is 11.7. The molecule has 2 amide bonds. The zero-order valence-corrected chi connectivity index (χ0v) is 11.7. The molecule has 21 heavy (non-hydrogen) atoms. The van der Waals surface area contributed by atoms with E-state index >= 15 is 0 Å². The molecule has 0 heterocycles. The van der Waals surface area contributed by atoms with Crippen molar-refractivity contribution in [3.63, 3.8) is 0 Å². The number of ether oxygens (including phenoxy) is 1. The van der Waals surface area contributed by atoms with E-state index in [1.54, 1.807) is 19.1 Å². The summed E-state index contributed by atoms with van der Waals surface area (Å²) in [7, 11) is 0. The second-order valence-electron chi connectivity index (χ2n) is 5.32. The van der Waals surface area contributed by atoms with Gasteiger partial charge >= 0.3 is 12.6 Å². The predicted octanol–water partition coefficient (Wildman–Crippen LogP) is 2.49. The van der Waals surface area contributed by atoms with E-state index in [9.17, 15) is 13.6 Å². The summed E-state index contributed by atoms with van der Waals surface area (Å²) in [6.07, 6.45) is 1.78. The van der Waals surface area contributed by atoms with Crippen molar-refractivity contribution in [2.75, 3.05) is 18.5 Å². The fourth-order valence-corrected chi connectivity index (χ4v) is 1.91. The summed E-state index contributed by atoms with van der Waals surface area (Å²) in [5.74, 6) is 0.0248. The van der Waals surface area contributed by atoms with Gasteiger partial charge in [0.05, 0.1) is 6.61 Å². The van der Waals surface area contributed by atoms with Crippen molar-refractivity contribution < 1.29 is 23.4 Å². The fourth-order valence-electron chi connectivity index (χ4n) is 1.91. The van der Waals surface area contributed by atoms with E-state index < -0.39 is 12.6 Å². The molecule has 2 rings (SSSR count). The Morgan fingerprint density at radius 1 is 1.48 bits per heavy atom. The van der Waals surface area contributed by atoms with Crippen molar-refractivity contribution in [2.45, 2.75) is 26.4 Å². The molecule has 3 N–H and O–H groups in total. The third-order valence-electron chi connectivity index (χ3n) is 3.58. The Kier molecular flexibility index (Phi) is 4.62. The Morgan fingerprint density at radius 3 is 2.76 bits per heavy atom. The Labute approximate surface area is 121 Å². The standard InChI is InChI=1S/C14H18F2N2O3/c1-9-2-3-10(6-11(9)21-12(15)16)18-13(20)17-7-14(8-19)4-5-14/h2-3,6,12,19H,4-5,7-8H2,1H3,(H2,17,18,20). The first kappa shape index (κ1) is 15.5. The third kappa shape index (κ3) is 4.29. The van der Waals surface area contributed by atoms with Gasteiger partial charge in [0, 0.05) is 23.7 Å². The molecule has 1 fully saturated rings. The number of hydrogen-bond donors (Lipinski definition) is 3. The number of aryl methyl sites for hydroxylation is 1. The molecule has 0 radical (unpaired) electrons. The molecule has 7 heteroatoms. The summed E-state index contributed by atoms with van der Waals surface area (Å²) in [6.45, 7) is -0.835. The molecule has 1 saturated carbocycles. The Balaban J connectivity index is 1.91. The van der Waals surface area contributed by atoms with E-state index in [2.05, 4.69) is 15.4 Å². The van der Waals surface area contributed by atoms with Gasteiger partial charge in [-0.3, -0.25) is 0 Å². The number of alkyl halides is 2. The average molecular weight is 300 g/mol. The second-order valence-corrected chi connectivity index (χ2v) is 5.32. The molecule has 0 aromatic heterocycles. The normalized spacial score (nSPS) is 15.7. The fraction of sp³-hybridized carbons (Fsp3) is 0.500. The van der Waals surface area contributed by atoms with Crippen LogP contribution in [0.1, 0.15) is 18.4 Å². The maximum atomic E-state index is 12.2. The van der Waals surface area contributed by atoms with Gasteiger partial charge in [0.15, 0.2) is 0 Å². The van der Waals surface area contributed by atoms with Crippen LogP contribution in [0.4, 0.5) is 19.3 Å². The molecule has 116 valence electrons. The SMILES string of the molecule is Cc1ccc(NC(=O)NCC2(CO)CC2)cc1OC(F)F. The van der Waals surface area contributed by atoms with Crippen LogP contribution in [0, 0.1) is 12.3 Å². The summed E-state index contributed by atoms with van der Waals surface area (Å²) in [5.41, 5.74) is 0.732. The first-order chi connectivity index (χ1) is 9.94. The number of urea groups is 1. The summed E-state index contributed by atoms with van der Waals surface area (Å²) in [5, 5.41) is 14.4. The number of carbonyl (C=O) groups is 1. The highest BCUT2D eigenvalue weighted by Gasteiger charge is 2.42. The Hall–Kier alpha value is -1.89. The number of anilines is 1. The lowest BCUT2D eigenvalue weighted by molar-refractivity contribution is -0.0502. The van der Waals surface area contributed by atoms with Gasteiger partial charge in [-0.25, -0.2) is 4.79 Å². The highest BCUT2D eigenvalue weighted by Crippen LogP contribution is 2.44. The number of rotatable bonds is 6. The van der Waals surface area contributed by atoms with Crippen LogP contribution in [0.5, 0.6) is 5.75 Å². The van der Waals surface area contributed by atoms with E-state index in [1.807, 2.05) is 0 Å². The van der Waals surface area contributed by atoms with E-state index in [4.69, 9.17) is 5.11 Å². The van der Waals surface area contributed by atoms with Crippen LogP contribution in [-0.4, -0.2) is 30.9 Å². The van der Waals surface area contributed by atoms with Crippen molar-refractivity contribution in [3.8, 4) is 5.75 Å². The van der Waals surface area contributed by atoms with Gasteiger partial charge in [0.25, 0.3) is 0 Å². The molecule has 0 spiro atoms. The van der Waals surface area contributed by atoms with Gasteiger partial charge in [-0.15, -0.1) is 0 Å². The lowest BCUT2D eigenvalue weighted by Gasteiger charge is -2.14. The quantitative estimate of drug-likeness (QED) is 0.756. The van der Waals surface area contributed by atoms with Gasteiger partial charge in [-0.05, 0) is 31.4 Å².